The number of carbonyl (C=O) groups excluding carboxylic acids is 3. The van der Waals surface area contributed by atoms with E-state index in [0.717, 1.165) is 15.6 Å². The van der Waals surface area contributed by atoms with Crippen molar-refractivity contribution in [2.75, 3.05) is 0 Å². The summed E-state index contributed by atoms with van der Waals surface area (Å²) in [5.74, 6) is -1.06. The van der Waals surface area contributed by atoms with Crippen LogP contribution in [0.1, 0.15) is 34.3 Å². The predicted molar refractivity (Wildman–Crippen MR) is 118 cm³/mol. The van der Waals surface area contributed by atoms with E-state index in [0.29, 0.717) is 12.1 Å². The van der Waals surface area contributed by atoms with Gasteiger partial charge in [-0.05, 0) is 42.4 Å². The van der Waals surface area contributed by atoms with Crippen LogP contribution >= 0.6 is 28.1 Å². The fourth-order valence-corrected chi connectivity index (χ4v) is 2.76. The Morgan fingerprint density at radius 2 is 1.66 bits per heavy atom. The number of hydrogen-bond acceptors (Lipinski definition) is 4. The van der Waals surface area contributed by atoms with Gasteiger partial charge in [-0.2, -0.15) is 0 Å². The zero-order valence-electron chi connectivity index (χ0n) is 15.8. The van der Waals surface area contributed by atoms with E-state index in [1.165, 1.54) is 0 Å². The summed E-state index contributed by atoms with van der Waals surface area (Å²) in [4.78, 5) is 35.8. The number of hydrogen-bond donors (Lipinski definition) is 4. The minimum atomic E-state index is -0.422. The second kappa shape index (κ2) is 11.3. The standard InChI is InChI=1S/C20H21BrN4O3S/c1-13-7-8-15(11-16(13)21)19(28)23-20(29)25-24-18(27)10-9-17(26)22-12-14-5-3-2-4-6-14/h2-8,11H,9-10,12H2,1H3,(H,22,26)(H,24,27)(H2,23,25,28,29). The van der Waals surface area contributed by atoms with E-state index in [1.807, 2.05) is 37.3 Å². The van der Waals surface area contributed by atoms with E-state index in [9.17, 15) is 14.4 Å². The van der Waals surface area contributed by atoms with Gasteiger partial charge in [-0.3, -0.25) is 30.6 Å². The summed E-state index contributed by atoms with van der Waals surface area (Å²) in [6.07, 6.45) is 0.0198. The summed E-state index contributed by atoms with van der Waals surface area (Å²) in [6.45, 7) is 2.32. The average Bonchev–Trinajstić information content (AvgIpc) is 2.71. The number of nitrogens with one attached hydrogen (secondary N) is 4. The van der Waals surface area contributed by atoms with Crippen LogP contribution < -0.4 is 21.5 Å². The van der Waals surface area contributed by atoms with Gasteiger partial charge in [-0.15, -0.1) is 0 Å². The van der Waals surface area contributed by atoms with Gasteiger partial charge in [0.15, 0.2) is 5.11 Å². The van der Waals surface area contributed by atoms with Crippen LogP contribution in [0.15, 0.2) is 53.0 Å². The van der Waals surface area contributed by atoms with Crippen molar-refractivity contribution >= 4 is 51.0 Å². The molecule has 0 heterocycles. The highest BCUT2D eigenvalue weighted by Crippen LogP contribution is 2.17. The van der Waals surface area contributed by atoms with E-state index in [4.69, 9.17) is 12.2 Å². The van der Waals surface area contributed by atoms with Crippen molar-refractivity contribution in [3.05, 3.63) is 69.7 Å². The molecule has 29 heavy (non-hydrogen) atoms. The molecule has 0 bridgehead atoms. The monoisotopic (exact) mass is 476 g/mol. The molecule has 0 aliphatic rings. The van der Waals surface area contributed by atoms with Gasteiger partial charge in [0.05, 0.1) is 0 Å². The molecule has 0 saturated heterocycles. The minimum Gasteiger partial charge on any atom is -0.352 e. The van der Waals surface area contributed by atoms with Crippen molar-refractivity contribution in [2.24, 2.45) is 0 Å². The lowest BCUT2D eigenvalue weighted by atomic mass is 10.1. The normalized spacial score (nSPS) is 10.0. The molecule has 9 heteroatoms. The van der Waals surface area contributed by atoms with Crippen LogP contribution in [0.2, 0.25) is 0 Å². The van der Waals surface area contributed by atoms with E-state index in [1.54, 1.807) is 18.2 Å². The number of amides is 3. The van der Waals surface area contributed by atoms with Gasteiger partial charge in [0, 0.05) is 29.4 Å². The first kappa shape index (κ1) is 22.5. The first-order chi connectivity index (χ1) is 13.8. The first-order valence-electron chi connectivity index (χ1n) is 8.82. The molecule has 152 valence electrons. The maximum atomic E-state index is 12.1. The molecule has 2 aromatic carbocycles. The van der Waals surface area contributed by atoms with E-state index < -0.39 is 11.8 Å². The SMILES string of the molecule is Cc1ccc(C(=O)NC(=S)NNC(=O)CCC(=O)NCc2ccccc2)cc1Br. The Labute approximate surface area is 182 Å². The molecule has 0 aromatic heterocycles. The lowest BCUT2D eigenvalue weighted by Gasteiger charge is -2.11. The second-order valence-corrected chi connectivity index (χ2v) is 7.45. The molecular formula is C20H21BrN4O3S. The highest BCUT2D eigenvalue weighted by Gasteiger charge is 2.11. The summed E-state index contributed by atoms with van der Waals surface area (Å²) in [7, 11) is 0. The van der Waals surface area contributed by atoms with Crippen LogP contribution in [0, 0.1) is 6.92 Å². The predicted octanol–water partition coefficient (Wildman–Crippen LogP) is 2.49. The van der Waals surface area contributed by atoms with E-state index in [2.05, 4.69) is 37.4 Å². The largest absolute Gasteiger partial charge is 0.352 e. The molecule has 0 aliphatic heterocycles. The Balaban J connectivity index is 1.66. The van der Waals surface area contributed by atoms with Gasteiger partial charge in [-0.1, -0.05) is 52.3 Å². The van der Waals surface area contributed by atoms with Gasteiger partial charge >= 0.3 is 0 Å². The Morgan fingerprint density at radius 3 is 2.34 bits per heavy atom. The zero-order chi connectivity index (χ0) is 21.2. The van der Waals surface area contributed by atoms with Gasteiger partial charge in [0.2, 0.25) is 11.8 Å². The van der Waals surface area contributed by atoms with Gasteiger partial charge in [0.25, 0.3) is 5.91 Å². The maximum absolute atomic E-state index is 12.1. The summed E-state index contributed by atoms with van der Waals surface area (Å²) in [5, 5.41) is 5.17. The number of hydrazine groups is 1. The Morgan fingerprint density at radius 1 is 0.966 bits per heavy atom. The average molecular weight is 477 g/mol. The van der Waals surface area contributed by atoms with E-state index in [-0.39, 0.29) is 23.9 Å². The molecule has 0 unspecified atom stereocenters. The first-order valence-corrected chi connectivity index (χ1v) is 10.0. The molecule has 0 atom stereocenters. The van der Waals surface area contributed by atoms with Crippen molar-refractivity contribution in [1.82, 2.24) is 21.5 Å². The Kier molecular flexibility index (Phi) is 8.75. The van der Waals surface area contributed by atoms with Crippen molar-refractivity contribution in [3.8, 4) is 0 Å². The lowest BCUT2D eigenvalue weighted by molar-refractivity contribution is -0.126. The van der Waals surface area contributed by atoms with Crippen LogP contribution in [0.25, 0.3) is 0 Å². The summed E-state index contributed by atoms with van der Waals surface area (Å²) in [6, 6.07) is 14.6. The fraction of sp³-hybridized carbons (Fsp3) is 0.200. The van der Waals surface area contributed by atoms with Crippen molar-refractivity contribution in [3.63, 3.8) is 0 Å². The number of carbonyl (C=O) groups is 3. The summed E-state index contributed by atoms with van der Waals surface area (Å²) in [5.41, 5.74) is 7.21. The summed E-state index contributed by atoms with van der Waals surface area (Å²) < 4.78 is 0.808. The smallest absolute Gasteiger partial charge is 0.257 e. The topological polar surface area (TPSA) is 99.3 Å². The molecule has 0 saturated carbocycles. The number of rotatable bonds is 6. The molecular weight excluding hydrogens is 456 g/mol. The lowest BCUT2D eigenvalue weighted by Crippen LogP contribution is -2.48. The highest BCUT2D eigenvalue weighted by atomic mass is 79.9. The van der Waals surface area contributed by atoms with Crippen molar-refractivity contribution < 1.29 is 14.4 Å². The minimum absolute atomic E-state index is 0.0188. The molecule has 3 amide bonds. The van der Waals surface area contributed by atoms with Crippen LogP contribution in [-0.4, -0.2) is 22.8 Å². The van der Waals surface area contributed by atoms with Crippen LogP contribution in [-0.2, 0) is 16.1 Å². The fourth-order valence-electron chi connectivity index (χ4n) is 2.24. The summed E-state index contributed by atoms with van der Waals surface area (Å²) >= 11 is 8.36. The third-order valence-corrected chi connectivity index (χ3v) is 4.95. The van der Waals surface area contributed by atoms with Crippen molar-refractivity contribution in [2.45, 2.75) is 26.3 Å². The highest BCUT2D eigenvalue weighted by molar-refractivity contribution is 9.10. The Bertz CT molecular complexity index is 906. The molecule has 2 rings (SSSR count). The molecule has 0 fully saturated rings. The third-order valence-electron chi connectivity index (χ3n) is 3.89. The molecule has 7 nitrogen and oxygen atoms in total. The number of thiocarbonyl (C=S) groups is 1. The molecule has 0 spiro atoms. The molecule has 0 aliphatic carbocycles. The molecule has 4 N–H and O–H groups in total. The quantitative estimate of drug-likeness (QED) is 0.379. The second-order valence-electron chi connectivity index (χ2n) is 6.18. The number of aryl methyl sites for hydroxylation is 1. The van der Waals surface area contributed by atoms with Crippen LogP contribution in [0.4, 0.5) is 0 Å². The Hall–Kier alpha value is -2.78. The van der Waals surface area contributed by atoms with Gasteiger partial charge < -0.3 is 5.32 Å². The third kappa shape index (κ3) is 8.00. The van der Waals surface area contributed by atoms with Gasteiger partial charge in [-0.25, -0.2) is 0 Å². The van der Waals surface area contributed by atoms with E-state index >= 15 is 0 Å². The molecule has 2 aromatic rings. The maximum Gasteiger partial charge on any atom is 0.257 e. The number of benzene rings is 2. The van der Waals surface area contributed by atoms with Gasteiger partial charge in [0.1, 0.15) is 0 Å². The molecule has 0 radical (unpaired) electrons. The van der Waals surface area contributed by atoms with Crippen LogP contribution in [0.5, 0.6) is 0 Å². The number of halogens is 1. The van der Waals surface area contributed by atoms with Crippen LogP contribution in [0.3, 0.4) is 0 Å². The zero-order valence-corrected chi connectivity index (χ0v) is 18.2. The van der Waals surface area contributed by atoms with Crippen molar-refractivity contribution in [1.29, 1.82) is 0 Å².